The van der Waals surface area contributed by atoms with Gasteiger partial charge in [-0.15, -0.1) is 0 Å². The summed E-state index contributed by atoms with van der Waals surface area (Å²) in [7, 11) is 0. The van der Waals surface area contributed by atoms with E-state index in [-0.39, 0.29) is 11.8 Å². The van der Waals surface area contributed by atoms with Crippen LogP contribution in [0.3, 0.4) is 0 Å². The van der Waals surface area contributed by atoms with Gasteiger partial charge in [0.15, 0.2) is 0 Å². The van der Waals surface area contributed by atoms with Gasteiger partial charge in [0.25, 0.3) is 11.8 Å². The number of likely N-dealkylation sites (N-methyl/N-ethyl adjacent to an activating group) is 1. The normalized spacial score (nSPS) is 15.1. The second kappa shape index (κ2) is 10.3. The highest BCUT2D eigenvalue weighted by Gasteiger charge is 2.22. The highest BCUT2D eigenvalue weighted by Crippen LogP contribution is 2.32. The zero-order valence-corrected chi connectivity index (χ0v) is 19.0. The van der Waals surface area contributed by atoms with Crippen molar-refractivity contribution in [1.82, 2.24) is 15.5 Å². The molecule has 2 aromatic rings. The molecule has 0 unspecified atom stereocenters. The Labute approximate surface area is 190 Å². The number of amides is 2. The van der Waals surface area contributed by atoms with Gasteiger partial charge in [0.1, 0.15) is 15.8 Å². The van der Waals surface area contributed by atoms with Crippen LogP contribution in [-0.2, 0) is 4.79 Å². The number of thioether (sulfide) groups is 1. The second-order valence-electron chi connectivity index (χ2n) is 6.53. The fourth-order valence-electron chi connectivity index (χ4n) is 2.95. The van der Waals surface area contributed by atoms with Crippen molar-refractivity contribution < 1.29 is 14.0 Å². The number of furan rings is 1. The number of thiocarbonyl (C=S) groups is 1. The maximum Gasteiger partial charge on any atom is 0.263 e. The summed E-state index contributed by atoms with van der Waals surface area (Å²) in [5, 5.41) is 5.97. The lowest BCUT2D eigenvalue weighted by Crippen LogP contribution is -2.34. The number of benzene rings is 1. The first kappa shape index (κ1) is 22.6. The molecule has 0 radical (unpaired) electrons. The maximum atomic E-state index is 12.5. The summed E-state index contributed by atoms with van der Waals surface area (Å²) in [6.45, 7) is 7.44. The van der Waals surface area contributed by atoms with E-state index in [9.17, 15) is 9.59 Å². The molecule has 158 valence electrons. The summed E-state index contributed by atoms with van der Waals surface area (Å²) in [6, 6.07) is 8.56. The third-order valence-electron chi connectivity index (χ3n) is 4.64. The van der Waals surface area contributed by atoms with E-state index in [4.69, 9.17) is 28.2 Å². The third kappa shape index (κ3) is 5.51. The molecule has 1 saturated heterocycles. The van der Waals surface area contributed by atoms with Crippen LogP contribution in [0, 0.1) is 0 Å². The van der Waals surface area contributed by atoms with E-state index in [1.54, 1.807) is 36.4 Å². The molecule has 6 nitrogen and oxygen atoms in total. The van der Waals surface area contributed by atoms with Crippen molar-refractivity contribution in [3.05, 3.63) is 51.6 Å². The number of carbonyl (C=O) groups is 2. The van der Waals surface area contributed by atoms with Crippen molar-refractivity contribution in [2.45, 2.75) is 13.8 Å². The predicted octanol–water partition coefficient (Wildman–Crippen LogP) is 4.16. The van der Waals surface area contributed by atoms with Gasteiger partial charge in [0.05, 0.1) is 9.93 Å². The van der Waals surface area contributed by atoms with Crippen LogP contribution >= 0.6 is 35.6 Å². The summed E-state index contributed by atoms with van der Waals surface area (Å²) < 4.78 is 6.25. The number of nitrogens with zero attached hydrogens (tertiary/aromatic N) is 1. The highest BCUT2D eigenvalue weighted by atomic mass is 35.5. The van der Waals surface area contributed by atoms with Crippen LogP contribution in [0.5, 0.6) is 0 Å². The van der Waals surface area contributed by atoms with Crippen LogP contribution in [0.2, 0.25) is 5.02 Å². The largest absolute Gasteiger partial charge is 0.457 e. The SMILES string of the molecule is CCN(CC)CCNC(=O)c1ccc(Cl)c(-c2ccc(C=C3SC(=S)NC3=O)o2)c1. The Kier molecular flexibility index (Phi) is 7.71. The van der Waals surface area contributed by atoms with Gasteiger partial charge in [0.2, 0.25) is 0 Å². The molecule has 30 heavy (non-hydrogen) atoms. The number of nitrogens with one attached hydrogen (secondary N) is 2. The van der Waals surface area contributed by atoms with Crippen molar-refractivity contribution in [3.63, 3.8) is 0 Å². The average Bonchev–Trinajstić information content (AvgIpc) is 3.31. The lowest BCUT2D eigenvalue weighted by Gasteiger charge is -2.18. The monoisotopic (exact) mass is 463 g/mol. The van der Waals surface area contributed by atoms with Crippen molar-refractivity contribution in [3.8, 4) is 11.3 Å². The van der Waals surface area contributed by atoms with Gasteiger partial charge in [-0.3, -0.25) is 9.59 Å². The smallest absolute Gasteiger partial charge is 0.263 e. The molecular formula is C21H22ClN3O3S2. The Balaban J connectivity index is 1.73. The first-order chi connectivity index (χ1) is 14.4. The quantitative estimate of drug-likeness (QED) is 0.452. The molecule has 2 N–H and O–H groups in total. The van der Waals surface area contributed by atoms with Gasteiger partial charge < -0.3 is 20.0 Å². The van der Waals surface area contributed by atoms with E-state index < -0.39 is 0 Å². The van der Waals surface area contributed by atoms with Crippen molar-refractivity contribution in [2.75, 3.05) is 26.2 Å². The second-order valence-corrected chi connectivity index (χ2v) is 8.66. The van der Waals surface area contributed by atoms with E-state index in [1.165, 1.54) is 11.8 Å². The van der Waals surface area contributed by atoms with Crippen LogP contribution < -0.4 is 10.6 Å². The molecule has 1 aliphatic heterocycles. The fourth-order valence-corrected chi connectivity index (χ4v) is 4.19. The Hall–Kier alpha value is -2.13. The van der Waals surface area contributed by atoms with Gasteiger partial charge >= 0.3 is 0 Å². The first-order valence-corrected chi connectivity index (χ1v) is 11.2. The highest BCUT2D eigenvalue weighted by molar-refractivity contribution is 8.26. The van der Waals surface area contributed by atoms with E-state index in [0.717, 1.165) is 19.6 Å². The Bertz CT molecular complexity index is 999. The lowest BCUT2D eigenvalue weighted by atomic mass is 10.1. The zero-order chi connectivity index (χ0) is 21.7. The number of hydrogen-bond donors (Lipinski definition) is 2. The summed E-state index contributed by atoms with van der Waals surface area (Å²) >= 11 is 12.5. The molecule has 3 rings (SSSR count). The van der Waals surface area contributed by atoms with Crippen LogP contribution in [0.4, 0.5) is 0 Å². The average molecular weight is 464 g/mol. The molecule has 1 aliphatic rings. The summed E-state index contributed by atoms with van der Waals surface area (Å²) in [5.74, 6) is 0.596. The number of halogens is 1. The summed E-state index contributed by atoms with van der Waals surface area (Å²) in [4.78, 5) is 27.0. The van der Waals surface area contributed by atoms with Gasteiger partial charge in [-0.2, -0.15) is 0 Å². The van der Waals surface area contributed by atoms with Gasteiger partial charge in [-0.05, 0) is 43.4 Å². The van der Waals surface area contributed by atoms with Crippen LogP contribution in [0.1, 0.15) is 30.0 Å². The molecule has 1 aromatic carbocycles. The molecule has 0 bridgehead atoms. The molecule has 9 heteroatoms. The third-order valence-corrected chi connectivity index (χ3v) is 6.14. The van der Waals surface area contributed by atoms with Crippen molar-refractivity contribution in [1.29, 1.82) is 0 Å². The Morgan fingerprint density at radius 1 is 1.30 bits per heavy atom. The zero-order valence-electron chi connectivity index (χ0n) is 16.7. The molecule has 2 amide bonds. The minimum absolute atomic E-state index is 0.165. The van der Waals surface area contributed by atoms with Crippen molar-refractivity contribution in [2.24, 2.45) is 0 Å². The molecule has 2 heterocycles. The first-order valence-electron chi connectivity index (χ1n) is 9.56. The number of hydrogen-bond acceptors (Lipinski definition) is 6. The Morgan fingerprint density at radius 3 is 2.73 bits per heavy atom. The van der Waals surface area contributed by atoms with Crippen LogP contribution in [-0.4, -0.2) is 47.2 Å². The molecule has 0 saturated carbocycles. The van der Waals surface area contributed by atoms with Gasteiger partial charge in [-0.25, -0.2) is 0 Å². The molecule has 1 aromatic heterocycles. The maximum absolute atomic E-state index is 12.5. The van der Waals surface area contributed by atoms with Gasteiger partial charge in [-0.1, -0.05) is 49.4 Å². The van der Waals surface area contributed by atoms with E-state index in [0.29, 0.717) is 43.4 Å². The van der Waals surface area contributed by atoms with Crippen LogP contribution in [0.25, 0.3) is 17.4 Å². The predicted molar refractivity (Wildman–Crippen MR) is 126 cm³/mol. The van der Waals surface area contributed by atoms with Gasteiger partial charge in [0, 0.05) is 30.3 Å². The number of carbonyl (C=O) groups excluding carboxylic acids is 2. The minimum atomic E-state index is -0.246. The molecule has 0 aliphatic carbocycles. The summed E-state index contributed by atoms with van der Waals surface area (Å²) in [6.07, 6.45) is 1.63. The standard InChI is InChI=1S/C21H22ClN3O3S2/c1-3-25(4-2)10-9-23-19(26)13-5-7-16(22)15(11-13)17-8-6-14(28-17)12-18-20(27)24-21(29)30-18/h5-8,11-12H,3-4,9-10H2,1-2H3,(H,23,26)(H,24,27,29). The Morgan fingerprint density at radius 2 is 2.07 bits per heavy atom. The van der Waals surface area contributed by atoms with E-state index in [2.05, 4.69) is 29.4 Å². The fraction of sp³-hybridized carbons (Fsp3) is 0.286. The minimum Gasteiger partial charge on any atom is -0.457 e. The van der Waals surface area contributed by atoms with Crippen LogP contribution in [0.15, 0.2) is 39.7 Å². The van der Waals surface area contributed by atoms with E-state index >= 15 is 0 Å². The molecule has 0 atom stereocenters. The molecule has 0 spiro atoms. The molecular weight excluding hydrogens is 442 g/mol. The molecule has 1 fully saturated rings. The summed E-state index contributed by atoms with van der Waals surface area (Å²) in [5.41, 5.74) is 1.11. The topological polar surface area (TPSA) is 74.6 Å². The lowest BCUT2D eigenvalue weighted by molar-refractivity contribution is -0.115. The number of rotatable bonds is 8. The van der Waals surface area contributed by atoms with E-state index in [1.807, 2.05) is 0 Å². The van der Waals surface area contributed by atoms with Crippen molar-refractivity contribution >= 4 is 57.8 Å².